The minimum atomic E-state index is -3.90. The van der Waals surface area contributed by atoms with Gasteiger partial charge in [0.1, 0.15) is 5.82 Å². The number of piperidine rings is 1. The molecule has 5 nitrogen and oxygen atoms in total. The average molecular weight is 390 g/mol. The largest absolute Gasteiger partial charge is 0.366 e. The summed E-state index contributed by atoms with van der Waals surface area (Å²) >= 11 is 0. The number of sulfone groups is 1. The van der Waals surface area contributed by atoms with Crippen molar-refractivity contribution in [2.45, 2.75) is 35.5 Å². The van der Waals surface area contributed by atoms with E-state index in [1.54, 1.807) is 6.07 Å². The molecular formula is C20H23FN2O3S. The second kappa shape index (κ2) is 8.19. The van der Waals surface area contributed by atoms with Crippen LogP contribution in [0.2, 0.25) is 0 Å². The Balaban J connectivity index is 1.89. The SMILES string of the molecule is NC(=O)c1ccc(S(=O)(=O)c2cc(F)ccc2CCN2CCCCC2)cc1. The number of primary amides is 1. The number of carbonyl (C=O) groups is 1. The van der Waals surface area contributed by atoms with Gasteiger partial charge in [-0.15, -0.1) is 0 Å². The van der Waals surface area contributed by atoms with E-state index in [9.17, 15) is 17.6 Å². The van der Waals surface area contributed by atoms with Crippen molar-refractivity contribution < 1.29 is 17.6 Å². The fourth-order valence-electron chi connectivity index (χ4n) is 3.37. The molecule has 1 saturated heterocycles. The van der Waals surface area contributed by atoms with Gasteiger partial charge >= 0.3 is 0 Å². The fourth-order valence-corrected chi connectivity index (χ4v) is 4.90. The lowest BCUT2D eigenvalue weighted by atomic mass is 10.1. The molecule has 3 rings (SSSR count). The highest BCUT2D eigenvalue weighted by atomic mass is 32.2. The second-order valence-electron chi connectivity index (χ2n) is 6.80. The third kappa shape index (κ3) is 4.54. The summed E-state index contributed by atoms with van der Waals surface area (Å²) in [6, 6.07) is 9.29. The quantitative estimate of drug-likeness (QED) is 0.822. The van der Waals surface area contributed by atoms with Crippen molar-refractivity contribution in [2.75, 3.05) is 19.6 Å². The Labute approximate surface area is 158 Å². The van der Waals surface area contributed by atoms with E-state index < -0.39 is 21.6 Å². The number of rotatable bonds is 6. The molecule has 7 heteroatoms. The van der Waals surface area contributed by atoms with Gasteiger partial charge < -0.3 is 10.6 Å². The molecule has 0 saturated carbocycles. The molecule has 0 aromatic heterocycles. The van der Waals surface area contributed by atoms with Gasteiger partial charge in [0.2, 0.25) is 15.7 Å². The molecule has 0 spiro atoms. The lowest BCUT2D eigenvalue weighted by Gasteiger charge is -2.26. The molecule has 1 fully saturated rings. The number of benzene rings is 2. The molecule has 1 heterocycles. The Kier molecular flexibility index (Phi) is 5.92. The summed E-state index contributed by atoms with van der Waals surface area (Å²) < 4.78 is 39.9. The van der Waals surface area contributed by atoms with Gasteiger partial charge in [-0.2, -0.15) is 0 Å². The Morgan fingerprint density at radius 2 is 1.70 bits per heavy atom. The molecule has 1 aliphatic rings. The number of amides is 1. The van der Waals surface area contributed by atoms with E-state index in [1.165, 1.54) is 36.8 Å². The average Bonchev–Trinajstić information content (AvgIpc) is 2.68. The summed E-state index contributed by atoms with van der Waals surface area (Å²) in [6.45, 7) is 2.77. The zero-order valence-electron chi connectivity index (χ0n) is 15.0. The van der Waals surface area contributed by atoms with Gasteiger partial charge in [-0.05, 0) is 74.3 Å². The Morgan fingerprint density at radius 3 is 2.33 bits per heavy atom. The first-order chi connectivity index (χ1) is 12.9. The smallest absolute Gasteiger partial charge is 0.248 e. The van der Waals surface area contributed by atoms with Crippen molar-refractivity contribution in [1.82, 2.24) is 4.90 Å². The van der Waals surface area contributed by atoms with E-state index in [0.29, 0.717) is 12.0 Å². The number of hydrogen-bond acceptors (Lipinski definition) is 4. The van der Waals surface area contributed by atoms with Crippen molar-refractivity contribution in [3.8, 4) is 0 Å². The molecule has 0 atom stereocenters. The maximum absolute atomic E-state index is 13.8. The third-order valence-electron chi connectivity index (χ3n) is 4.91. The topological polar surface area (TPSA) is 80.5 Å². The van der Waals surface area contributed by atoms with Gasteiger partial charge in [0, 0.05) is 12.1 Å². The van der Waals surface area contributed by atoms with E-state index in [4.69, 9.17) is 5.73 Å². The van der Waals surface area contributed by atoms with Crippen molar-refractivity contribution in [3.05, 3.63) is 59.4 Å². The molecule has 1 aliphatic heterocycles. The zero-order valence-corrected chi connectivity index (χ0v) is 15.8. The maximum Gasteiger partial charge on any atom is 0.248 e. The summed E-state index contributed by atoms with van der Waals surface area (Å²) in [5.41, 5.74) is 6.01. The van der Waals surface area contributed by atoms with E-state index in [1.807, 2.05) is 0 Å². The highest BCUT2D eigenvalue weighted by Crippen LogP contribution is 2.26. The number of likely N-dealkylation sites (tertiary alicyclic amines) is 1. The van der Waals surface area contributed by atoms with Crippen molar-refractivity contribution >= 4 is 15.7 Å². The predicted octanol–water partition coefficient (Wildman–Crippen LogP) is 2.79. The normalized spacial score (nSPS) is 15.6. The minimum Gasteiger partial charge on any atom is -0.366 e. The van der Waals surface area contributed by atoms with Crippen LogP contribution in [-0.2, 0) is 16.3 Å². The molecule has 0 bridgehead atoms. The van der Waals surface area contributed by atoms with E-state index in [2.05, 4.69) is 4.90 Å². The Morgan fingerprint density at radius 1 is 1.04 bits per heavy atom. The molecule has 0 unspecified atom stereocenters. The maximum atomic E-state index is 13.8. The highest BCUT2D eigenvalue weighted by Gasteiger charge is 2.23. The number of hydrogen-bond donors (Lipinski definition) is 1. The molecule has 2 N–H and O–H groups in total. The van der Waals surface area contributed by atoms with E-state index >= 15 is 0 Å². The second-order valence-corrected chi connectivity index (χ2v) is 8.71. The Hall–Kier alpha value is -2.25. The van der Waals surface area contributed by atoms with Crippen molar-refractivity contribution in [1.29, 1.82) is 0 Å². The summed E-state index contributed by atoms with van der Waals surface area (Å²) in [5.74, 6) is -1.23. The fraction of sp³-hybridized carbons (Fsp3) is 0.350. The van der Waals surface area contributed by atoms with Crippen molar-refractivity contribution in [2.24, 2.45) is 5.73 Å². The molecule has 144 valence electrons. The van der Waals surface area contributed by atoms with Gasteiger partial charge in [0.05, 0.1) is 9.79 Å². The summed E-state index contributed by atoms with van der Waals surface area (Å²) in [7, 11) is -3.90. The van der Waals surface area contributed by atoms with Crippen LogP contribution in [0, 0.1) is 5.82 Å². The van der Waals surface area contributed by atoms with Crippen LogP contribution in [0.4, 0.5) is 4.39 Å². The monoisotopic (exact) mass is 390 g/mol. The first-order valence-electron chi connectivity index (χ1n) is 9.04. The summed E-state index contributed by atoms with van der Waals surface area (Å²) in [5, 5.41) is 0. The van der Waals surface area contributed by atoms with Gasteiger partial charge in [-0.1, -0.05) is 12.5 Å². The third-order valence-corrected chi connectivity index (χ3v) is 6.77. The molecule has 2 aromatic carbocycles. The molecule has 1 amide bonds. The van der Waals surface area contributed by atoms with Crippen LogP contribution in [0.3, 0.4) is 0 Å². The highest BCUT2D eigenvalue weighted by molar-refractivity contribution is 7.91. The van der Waals surface area contributed by atoms with E-state index in [-0.39, 0.29) is 15.4 Å². The molecule has 0 aliphatic carbocycles. The van der Waals surface area contributed by atoms with Gasteiger partial charge in [-0.3, -0.25) is 4.79 Å². The molecular weight excluding hydrogens is 367 g/mol. The summed E-state index contributed by atoms with van der Waals surface area (Å²) in [6.07, 6.45) is 4.07. The first kappa shape index (κ1) is 19.5. The van der Waals surface area contributed by atoms with Crippen LogP contribution in [0.1, 0.15) is 35.2 Å². The predicted molar refractivity (Wildman–Crippen MR) is 101 cm³/mol. The number of nitrogens with two attached hydrogens (primary N) is 1. The minimum absolute atomic E-state index is 0.0114. The van der Waals surface area contributed by atoms with Crippen LogP contribution >= 0.6 is 0 Å². The van der Waals surface area contributed by atoms with Crippen LogP contribution in [0.25, 0.3) is 0 Å². The lowest BCUT2D eigenvalue weighted by molar-refractivity contribution is 0.1000. The lowest BCUT2D eigenvalue weighted by Crippen LogP contribution is -2.31. The Bertz CT molecular complexity index is 921. The summed E-state index contributed by atoms with van der Waals surface area (Å²) in [4.78, 5) is 13.5. The number of carbonyl (C=O) groups excluding carboxylic acids is 1. The van der Waals surface area contributed by atoms with Crippen LogP contribution in [-0.4, -0.2) is 38.9 Å². The van der Waals surface area contributed by atoms with Crippen LogP contribution in [0.15, 0.2) is 52.3 Å². The standard InChI is InChI=1S/C20H23FN2O3S/c21-17-7-4-15(10-13-23-11-2-1-3-12-23)19(14-17)27(25,26)18-8-5-16(6-9-18)20(22)24/h4-9,14H,1-3,10-13H2,(H2,22,24). The zero-order chi connectivity index (χ0) is 19.4. The molecule has 0 radical (unpaired) electrons. The molecule has 2 aromatic rings. The van der Waals surface area contributed by atoms with Crippen LogP contribution in [0.5, 0.6) is 0 Å². The van der Waals surface area contributed by atoms with Crippen molar-refractivity contribution in [3.63, 3.8) is 0 Å². The number of nitrogens with zero attached hydrogens (tertiary/aromatic N) is 1. The van der Waals surface area contributed by atoms with Gasteiger partial charge in [0.25, 0.3) is 0 Å². The first-order valence-corrected chi connectivity index (χ1v) is 10.5. The van der Waals surface area contributed by atoms with Gasteiger partial charge in [0.15, 0.2) is 0 Å². The number of halogens is 1. The molecule has 27 heavy (non-hydrogen) atoms. The van der Waals surface area contributed by atoms with Gasteiger partial charge in [-0.25, -0.2) is 12.8 Å². The van der Waals surface area contributed by atoms with E-state index in [0.717, 1.165) is 38.5 Å². The van der Waals surface area contributed by atoms with Crippen LogP contribution < -0.4 is 5.73 Å².